The van der Waals surface area contributed by atoms with Crippen LogP contribution in [-0.4, -0.2) is 28.9 Å². The Labute approximate surface area is 188 Å². The Balaban J connectivity index is 1.52. The van der Waals surface area contributed by atoms with E-state index in [1.807, 2.05) is 0 Å². The molecule has 2 N–H and O–H groups in total. The Morgan fingerprint density at radius 3 is 2.45 bits per heavy atom. The number of piperidine rings is 1. The van der Waals surface area contributed by atoms with Crippen molar-refractivity contribution in [2.45, 2.75) is 18.8 Å². The lowest BCUT2D eigenvalue weighted by molar-refractivity contribution is 0.0713. The quantitative estimate of drug-likeness (QED) is 0.534. The number of hydrogen-bond acceptors (Lipinski definition) is 3. The number of carbonyl (C=O) groups excluding carboxylic acids is 1. The lowest BCUT2D eigenvalue weighted by Gasteiger charge is -2.32. The number of carbonyl (C=O) groups is 1. The molecule has 0 spiro atoms. The molecule has 2 aromatic carbocycles. The van der Waals surface area contributed by atoms with E-state index in [1.54, 1.807) is 35.2 Å². The zero-order valence-corrected chi connectivity index (χ0v) is 18.0. The summed E-state index contributed by atoms with van der Waals surface area (Å²) >= 11 is 12.3. The van der Waals surface area contributed by atoms with Gasteiger partial charge in [0.05, 0.1) is 22.0 Å². The lowest BCUT2D eigenvalue weighted by Crippen LogP contribution is -2.38. The van der Waals surface area contributed by atoms with Crippen LogP contribution in [-0.2, 0) is 0 Å². The SMILES string of the molecule is O=C(c1c[nH]c(=O)cc1Nc1cc(Cl)ccc1Cl)N1CCC(c2ccc(F)cc2)CC1. The third kappa shape index (κ3) is 4.92. The molecule has 0 unspecified atom stereocenters. The van der Waals surface area contributed by atoms with Gasteiger partial charge in [-0.1, -0.05) is 35.3 Å². The summed E-state index contributed by atoms with van der Waals surface area (Å²) in [4.78, 5) is 29.5. The maximum atomic E-state index is 13.2. The van der Waals surface area contributed by atoms with Crippen molar-refractivity contribution >= 4 is 40.5 Å². The van der Waals surface area contributed by atoms with Crippen molar-refractivity contribution < 1.29 is 9.18 Å². The highest BCUT2D eigenvalue weighted by Gasteiger charge is 2.26. The van der Waals surface area contributed by atoms with Crippen LogP contribution in [0.1, 0.15) is 34.7 Å². The second kappa shape index (κ2) is 9.12. The van der Waals surface area contributed by atoms with E-state index in [0.717, 1.165) is 18.4 Å². The van der Waals surface area contributed by atoms with Crippen LogP contribution in [0.3, 0.4) is 0 Å². The van der Waals surface area contributed by atoms with Crippen molar-refractivity contribution in [2.75, 3.05) is 18.4 Å². The monoisotopic (exact) mass is 459 g/mol. The van der Waals surface area contributed by atoms with Gasteiger partial charge in [0, 0.05) is 30.4 Å². The predicted molar refractivity (Wildman–Crippen MR) is 121 cm³/mol. The first-order valence-corrected chi connectivity index (χ1v) is 10.7. The number of rotatable bonds is 4. The molecule has 1 aliphatic heterocycles. The van der Waals surface area contributed by atoms with Gasteiger partial charge in [0.2, 0.25) is 5.56 Å². The Morgan fingerprint density at radius 1 is 1.03 bits per heavy atom. The van der Waals surface area contributed by atoms with E-state index in [0.29, 0.717) is 40.1 Å². The highest BCUT2D eigenvalue weighted by atomic mass is 35.5. The number of benzene rings is 2. The van der Waals surface area contributed by atoms with Gasteiger partial charge in [-0.05, 0) is 54.7 Å². The van der Waals surface area contributed by atoms with E-state index in [2.05, 4.69) is 10.3 Å². The first kappa shape index (κ1) is 21.4. The average Bonchev–Trinajstić information content (AvgIpc) is 2.77. The van der Waals surface area contributed by atoms with Crippen molar-refractivity contribution in [3.8, 4) is 0 Å². The molecular weight excluding hydrogens is 440 g/mol. The molecule has 1 aromatic heterocycles. The molecule has 0 bridgehead atoms. The van der Waals surface area contributed by atoms with Gasteiger partial charge in [-0.15, -0.1) is 0 Å². The van der Waals surface area contributed by atoms with Crippen LogP contribution < -0.4 is 10.9 Å². The van der Waals surface area contributed by atoms with Crippen LogP contribution in [0, 0.1) is 5.82 Å². The van der Waals surface area contributed by atoms with Crippen LogP contribution >= 0.6 is 23.2 Å². The summed E-state index contributed by atoms with van der Waals surface area (Å²) in [5.41, 5.74) is 1.95. The number of hydrogen-bond donors (Lipinski definition) is 2. The predicted octanol–water partition coefficient (Wildman–Crippen LogP) is 5.58. The average molecular weight is 460 g/mol. The molecule has 1 saturated heterocycles. The van der Waals surface area contributed by atoms with Gasteiger partial charge in [0.15, 0.2) is 0 Å². The third-order valence-electron chi connectivity index (χ3n) is 5.48. The molecule has 1 fully saturated rings. The highest BCUT2D eigenvalue weighted by Crippen LogP contribution is 2.32. The molecule has 0 saturated carbocycles. The molecule has 3 aromatic rings. The molecule has 0 atom stereocenters. The third-order valence-corrected chi connectivity index (χ3v) is 6.04. The van der Waals surface area contributed by atoms with Crippen LogP contribution in [0.4, 0.5) is 15.8 Å². The van der Waals surface area contributed by atoms with Crippen molar-refractivity contribution in [3.05, 3.63) is 92.1 Å². The Kier molecular flexibility index (Phi) is 6.30. The van der Waals surface area contributed by atoms with Gasteiger partial charge in [0.25, 0.3) is 5.91 Å². The standard InChI is InChI=1S/C23H20Cl2FN3O2/c24-16-3-6-19(25)21(11-16)28-20-12-22(30)27-13-18(20)23(31)29-9-7-15(8-10-29)14-1-4-17(26)5-2-14/h1-6,11-13,15H,7-10H2,(H2,27,28,30). The molecule has 160 valence electrons. The van der Waals surface area contributed by atoms with E-state index in [4.69, 9.17) is 23.2 Å². The highest BCUT2D eigenvalue weighted by molar-refractivity contribution is 6.35. The number of nitrogens with zero attached hydrogens (tertiary/aromatic N) is 1. The second-order valence-corrected chi connectivity index (χ2v) is 8.34. The van der Waals surface area contributed by atoms with Gasteiger partial charge in [-0.25, -0.2) is 4.39 Å². The van der Waals surface area contributed by atoms with Crippen LogP contribution in [0.2, 0.25) is 10.0 Å². The number of aromatic amines is 1. The molecule has 0 radical (unpaired) electrons. The summed E-state index contributed by atoms with van der Waals surface area (Å²) in [5, 5.41) is 3.96. The number of anilines is 2. The first-order chi connectivity index (χ1) is 14.9. The van der Waals surface area contributed by atoms with Crippen molar-refractivity contribution in [2.24, 2.45) is 0 Å². The summed E-state index contributed by atoms with van der Waals surface area (Å²) in [6, 6.07) is 12.8. The number of H-pyrrole nitrogens is 1. The molecule has 5 nitrogen and oxygen atoms in total. The number of aromatic nitrogens is 1. The van der Waals surface area contributed by atoms with Gasteiger partial charge in [-0.2, -0.15) is 0 Å². The van der Waals surface area contributed by atoms with E-state index < -0.39 is 0 Å². The Bertz CT molecular complexity index is 1160. The maximum absolute atomic E-state index is 13.2. The summed E-state index contributed by atoms with van der Waals surface area (Å²) < 4.78 is 13.2. The minimum atomic E-state index is -0.341. The number of amides is 1. The largest absolute Gasteiger partial charge is 0.353 e. The summed E-state index contributed by atoms with van der Waals surface area (Å²) in [7, 11) is 0. The minimum Gasteiger partial charge on any atom is -0.353 e. The smallest absolute Gasteiger partial charge is 0.257 e. The normalized spacial score (nSPS) is 14.5. The van der Waals surface area contributed by atoms with E-state index in [9.17, 15) is 14.0 Å². The van der Waals surface area contributed by atoms with Gasteiger partial charge in [0.1, 0.15) is 5.82 Å². The molecule has 1 aliphatic rings. The molecular formula is C23H20Cl2FN3O2. The minimum absolute atomic E-state index is 0.186. The number of likely N-dealkylation sites (tertiary alicyclic amines) is 1. The Hall–Kier alpha value is -2.83. The molecule has 0 aliphatic carbocycles. The van der Waals surface area contributed by atoms with Crippen LogP contribution in [0.5, 0.6) is 0 Å². The second-order valence-electron chi connectivity index (χ2n) is 7.49. The fourth-order valence-corrected chi connectivity index (χ4v) is 4.15. The van der Waals surface area contributed by atoms with Crippen LogP contribution in [0.25, 0.3) is 0 Å². The van der Waals surface area contributed by atoms with Gasteiger partial charge >= 0.3 is 0 Å². The zero-order valence-electron chi connectivity index (χ0n) is 16.5. The molecule has 8 heteroatoms. The van der Waals surface area contributed by atoms with Gasteiger partial charge in [-0.3, -0.25) is 9.59 Å². The van der Waals surface area contributed by atoms with Crippen molar-refractivity contribution in [1.82, 2.24) is 9.88 Å². The van der Waals surface area contributed by atoms with E-state index in [1.165, 1.54) is 24.4 Å². The molecule has 1 amide bonds. The van der Waals surface area contributed by atoms with Gasteiger partial charge < -0.3 is 15.2 Å². The van der Waals surface area contributed by atoms with E-state index >= 15 is 0 Å². The lowest BCUT2D eigenvalue weighted by atomic mass is 9.89. The summed E-state index contributed by atoms with van der Waals surface area (Å²) in [6.07, 6.45) is 2.98. The topological polar surface area (TPSA) is 65.2 Å². The summed E-state index contributed by atoms with van der Waals surface area (Å²) in [5.74, 6) is -0.160. The number of nitrogens with one attached hydrogen (secondary N) is 2. The maximum Gasteiger partial charge on any atom is 0.257 e. The molecule has 31 heavy (non-hydrogen) atoms. The van der Waals surface area contributed by atoms with Crippen molar-refractivity contribution in [3.63, 3.8) is 0 Å². The zero-order chi connectivity index (χ0) is 22.0. The number of pyridine rings is 1. The number of halogens is 3. The summed E-state index contributed by atoms with van der Waals surface area (Å²) in [6.45, 7) is 1.13. The van der Waals surface area contributed by atoms with Crippen molar-refractivity contribution in [1.29, 1.82) is 0 Å². The Morgan fingerprint density at radius 2 is 1.74 bits per heavy atom. The molecule has 4 rings (SSSR count). The fourth-order valence-electron chi connectivity index (χ4n) is 3.81. The molecule has 2 heterocycles. The van der Waals surface area contributed by atoms with Crippen LogP contribution in [0.15, 0.2) is 59.5 Å². The fraction of sp³-hybridized carbons (Fsp3) is 0.217. The first-order valence-electron chi connectivity index (χ1n) is 9.90. The van der Waals surface area contributed by atoms with E-state index in [-0.39, 0.29) is 23.2 Å².